The zero-order chi connectivity index (χ0) is 22.6. The van der Waals surface area contributed by atoms with Crippen LogP contribution in [0, 0.1) is 12.8 Å². The van der Waals surface area contributed by atoms with Crippen LogP contribution in [0.4, 0.5) is 0 Å². The Kier molecular flexibility index (Phi) is 6.52. The Hall–Kier alpha value is -3.24. The summed E-state index contributed by atoms with van der Waals surface area (Å²) in [6.07, 6.45) is 9.23. The quantitative estimate of drug-likeness (QED) is 0.581. The van der Waals surface area contributed by atoms with E-state index in [0.717, 1.165) is 5.56 Å². The SMILES string of the molecule is Cc1noc(/C=C/c2ccco2)c1S(=O)(=O)N1CCC[C@H](C(=O)NCc2cccnc2)C1. The molecule has 0 aromatic carbocycles. The topological polar surface area (TPSA) is 119 Å². The first-order chi connectivity index (χ1) is 15.4. The van der Waals surface area contributed by atoms with Gasteiger partial charge in [0.25, 0.3) is 0 Å². The van der Waals surface area contributed by atoms with Crippen LogP contribution in [0.15, 0.2) is 56.8 Å². The smallest absolute Gasteiger partial charge is 0.248 e. The van der Waals surface area contributed by atoms with Crippen LogP contribution in [-0.4, -0.2) is 41.9 Å². The second kappa shape index (κ2) is 9.49. The van der Waals surface area contributed by atoms with Gasteiger partial charge in [0.1, 0.15) is 11.5 Å². The second-order valence-electron chi connectivity index (χ2n) is 7.59. The van der Waals surface area contributed by atoms with Crippen molar-refractivity contribution in [3.05, 3.63) is 65.7 Å². The Labute approximate surface area is 186 Å². The Morgan fingerprint density at radius 1 is 1.31 bits per heavy atom. The summed E-state index contributed by atoms with van der Waals surface area (Å²) in [5, 5.41) is 6.73. The summed E-state index contributed by atoms with van der Waals surface area (Å²) in [5.74, 6) is 0.0824. The number of hydrogen-bond donors (Lipinski definition) is 1. The van der Waals surface area contributed by atoms with Gasteiger partial charge in [-0.3, -0.25) is 9.78 Å². The summed E-state index contributed by atoms with van der Waals surface area (Å²) >= 11 is 0. The third kappa shape index (κ3) is 4.81. The van der Waals surface area contributed by atoms with Gasteiger partial charge in [-0.15, -0.1) is 0 Å². The molecule has 1 fully saturated rings. The first-order valence-electron chi connectivity index (χ1n) is 10.3. The fourth-order valence-corrected chi connectivity index (χ4v) is 5.46. The molecule has 0 radical (unpaired) electrons. The van der Waals surface area contributed by atoms with Crippen molar-refractivity contribution in [1.29, 1.82) is 0 Å². The van der Waals surface area contributed by atoms with Crippen molar-refractivity contribution in [3.63, 3.8) is 0 Å². The maximum absolute atomic E-state index is 13.4. The van der Waals surface area contributed by atoms with E-state index in [-0.39, 0.29) is 28.8 Å². The van der Waals surface area contributed by atoms with Crippen LogP contribution in [0.3, 0.4) is 0 Å². The van der Waals surface area contributed by atoms with E-state index in [9.17, 15) is 13.2 Å². The van der Waals surface area contributed by atoms with Gasteiger partial charge in [-0.25, -0.2) is 8.42 Å². The number of carbonyl (C=O) groups excluding carboxylic acids is 1. The highest BCUT2D eigenvalue weighted by Gasteiger charge is 2.36. The number of sulfonamides is 1. The van der Waals surface area contributed by atoms with Crippen molar-refractivity contribution in [2.75, 3.05) is 13.1 Å². The van der Waals surface area contributed by atoms with Crippen LogP contribution in [0.1, 0.15) is 35.6 Å². The molecule has 0 saturated carbocycles. The predicted octanol–water partition coefficient (Wildman–Crippen LogP) is 2.86. The summed E-state index contributed by atoms with van der Waals surface area (Å²) in [4.78, 5) is 16.7. The zero-order valence-electron chi connectivity index (χ0n) is 17.6. The number of nitrogens with zero attached hydrogens (tertiary/aromatic N) is 3. The molecular weight excluding hydrogens is 432 g/mol. The molecule has 168 valence electrons. The van der Waals surface area contributed by atoms with E-state index in [4.69, 9.17) is 8.94 Å². The minimum Gasteiger partial charge on any atom is -0.465 e. The molecule has 32 heavy (non-hydrogen) atoms. The van der Waals surface area contributed by atoms with E-state index in [1.165, 1.54) is 16.6 Å². The largest absolute Gasteiger partial charge is 0.465 e. The number of aryl methyl sites for hydroxylation is 1. The first kappa shape index (κ1) is 22.0. The molecule has 4 rings (SSSR count). The average Bonchev–Trinajstić information content (AvgIpc) is 3.46. The van der Waals surface area contributed by atoms with Crippen molar-refractivity contribution in [1.82, 2.24) is 19.8 Å². The molecule has 0 aliphatic carbocycles. The van der Waals surface area contributed by atoms with Crippen molar-refractivity contribution in [3.8, 4) is 0 Å². The molecule has 1 N–H and O–H groups in total. The maximum Gasteiger partial charge on any atom is 0.248 e. The molecule has 9 nitrogen and oxygen atoms in total. The molecule has 0 bridgehead atoms. The molecule has 4 heterocycles. The van der Waals surface area contributed by atoms with Gasteiger partial charge in [0.05, 0.1) is 12.2 Å². The van der Waals surface area contributed by atoms with Crippen LogP contribution in [0.5, 0.6) is 0 Å². The van der Waals surface area contributed by atoms with Gasteiger partial charge in [0.2, 0.25) is 15.9 Å². The molecule has 1 atom stereocenters. The highest BCUT2D eigenvalue weighted by molar-refractivity contribution is 7.89. The van der Waals surface area contributed by atoms with Gasteiger partial charge in [0, 0.05) is 32.0 Å². The number of amides is 1. The Morgan fingerprint density at radius 2 is 2.19 bits per heavy atom. The number of pyridine rings is 1. The Morgan fingerprint density at radius 3 is 2.94 bits per heavy atom. The summed E-state index contributed by atoms with van der Waals surface area (Å²) in [6.45, 7) is 2.37. The number of piperidine rings is 1. The average molecular weight is 457 g/mol. The highest BCUT2D eigenvalue weighted by atomic mass is 32.2. The lowest BCUT2D eigenvalue weighted by atomic mass is 9.99. The number of furan rings is 1. The van der Waals surface area contributed by atoms with Gasteiger partial charge < -0.3 is 14.3 Å². The van der Waals surface area contributed by atoms with Gasteiger partial charge >= 0.3 is 0 Å². The minimum atomic E-state index is -3.90. The van der Waals surface area contributed by atoms with Crippen LogP contribution in [-0.2, 0) is 21.4 Å². The lowest BCUT2D eigenvalue weighted by Gasteiger charge is -2.31. The number of carbonyl (C=O) groups is 1. The number of hydrogen-bond acceptors (Lipinski definition) is 7. The molecule has 0 spiro atoms. The van der Waals surface area contributed by atoms with Crippen LogP contribution >= 0.6 is 0 Å². The van der Waals surface area contributed by atoms with Crippen LogP contribution in [0.25, 0.3) is 12.2 Å². The standard InChI is InChI=1S/C22H24N4O5S/c1-16-21(20(31-25-16)9-8-19-7-4-12-30-19)32(28,29)26-11-3-6-18(15-26)22(27)24-14-17-5-2-10-23-13-17/h2,4-5,7-10,12-13,18H,3,6,11,14-15H2,1H3,(H,24,27)/b9-8+/t18-/m0/s1. The monoisotopic (exact) mass is 456 g/mol. The molecule has 3 aromatic heterocycles. The maximum atomic E-state index is 13.4. The third-order valence-corrected chi connectivity index (χ3v) is 7.34. The van der Waals surface area contributed by atoms with E-state index in [1.54, 1.807) is 43.6 Å². The van der Waals surface area contributed by atoms with E-state index in [2.05, 4.69) is 15.5 Å². The van der Waals surface area contributed by atoms with Crippen LogP contribution < -0.4 is 5.32 Å². The lowest BCUT2D eigenvalue weighted by Crippen LogP contribution is -2.45. The van der Waals surface area contributed by atoms with Crippen molar-refractivity contribution < 1.29 is 22.2 Å². The van der Waals surface area contributed by atoms with Gasteiger partial charge in [-0.1, -0.05) is 11.2 Å². The fourth-order valence-electron chi connectivity index (χ4n) is 3.68. The number of nitrogens with one attached hydrogen (secondary N) is 1. The lowest BCUT2D eigenvalue weighted by molar-refractivity contribution is -0.126. The summed E-state index contributed by atoms with van der Waals surface area (Å²) < 4.78 is 38.7. The van der Waals surface area contributed by atoms with Gasteiger partial charge in [0.15, 0.2) is 10.7 Å². The van der Waals surface area contributed by atoms with Crippen molar-refractivity contribution >= 4 is 28.1 Å². The highest BCUT2D eigenvalue weighted by Crippen LogP contribution is 2.29. The summed E-state index contributed by atoms with van der Waals surface area (Å²) in [7, 11) is -3.90. The third-order valence-electron chi connectivity index (χ3n) is 5.32. The molecule has 10 heteroatoms. The van der Waals surface area contributed by atoms with Gasteiger partial charge in [-0.2, -0.15) is 4.31 Å². The molecule has 1 aliphatic rings. The number of rotatable bonds is 7. The van der Waals surface area contributed by atoms with Crippen molar-refractivity contribution in [2.45, 2.75) is 31.2 Å². The number of aromatic nitrogens is 2. The van der Waals surface area contributed by atoms with E-state index >= 15 is 0 Å². The molecule has 3 aromatic rings. The van der Waals surface area contributed by atoms with E-state index in [0.29, 0.717) is 31.7 Å². The molecule has 0 unspecified atom stereocenters. The normalized spacial score (nSPS) is 17.6. The molecule has 1 aliphatic heterocycles. The summed E-state index contributed by atoms with van der Waals surface area (Å²) in [6, 6.07) is 7.15. The fraction of sp³-hybridized carbons (Fsp3) is 0.318. The second-order valence-corrected chi connectivity index (χ2v) is 9.47. The van der Waals surface area contributed by atoms with E-state index in [1.807, 2.05) is 6.07 Å². The molecular formula is C22H24N4O5S. The predicted molar refractivity (Wildman–Crippen MR) is 116 cm³/mol. The molecule has 1 saturated heterocycles. The Bertz CT molecular complexity index is 1190. The first-order valence-corrected chi connectivity index (χ1v) is 11.7. The minimum absolute atomic E-state index is 0.0109. The van der Waals surface area contributed by atoms with E-state index < -0.39 is 15.9 Å². The van der Waals surface area contributed by atoms with Crippen molar-refractivity contribution in [2.24, 2.45) is 5.92 Å². The van der Waals surface area contributed by atoms with Gasteiger partial charge in [-0.05, 0) is 55.7 Å². The summed E-state index contributed by atoms with van der Waals surface area (Å²) in [5.41, 5.74) is 1.15. The van der Waals surface area contributed by atoms with Crippen LogP contribution in [0.2, 0.25) is 0 Å². The molecule has 1 amide bonds. The zero-order valence-corrected chi connectivity index (χ0v) is 18.4. The Balaban J connectivity index is 1.48.